The molecule has 8 heteroatoms. The Labute approximate surface area is 146 Å². The Bertz CT molecular complexity index is 717. The highest BCUT2D eigenvalue weighted by Crippen LogP contribution is 2.15. The van der Waals surface area contributed by atoms with Gasteiger partial charge >= 0.3 is 12.0 Å². The molecule has 0 fully saturated rings. The molecule has 0 aliphatic heterocycles. The molecule has 0 saturated carbocycles. The second-order valence-electron chi connectivity index (χ2n) is 5.27. The van der Waals surface area contributed by atoms with Gasteiger partial charge in [-0.05, 0) is 30.7 Å². The SMILES string of the molecule is CNC(=O)NC(=O)[C@@H](C)OC(=O)/C(C#N)=C/c1ccc(N(C)C)cc1. The van der Waals surface area contributed by atoms with Gasteiger partial charge in [0.2, 0.25) is 0 Å². The second kappa shape index (κ2) is 9.08. The molecule has 0 radical (unpaired) electrons. The third-order valence-corrected chi connectivity index (χ3v) is 3.18. The second-order valence-corrected chi connectivity index (χ2v) is 5.27. The Kier molecular flexibility index (Phi) is 7.16. The van der Waals surface area contributed by atoms with Gasteiger partial charge in [0.1, 0.15) is 11.6 Å². The highest BCUT2D eigenvalue weighted by atomic mass is 16.5. The van der Waals surface area contributed by atoms with E-state index in [1.165, 1.54) is 20.0 Å². The molecule has 8 nitrogen and oxygen atoms in total. The van der Waals surface area contributed by atoms with Crippen LogP contribution in [0.3, 0.4) is 0 Å². The largest absolute Gasteiger partial charge is 0.448 e. The van der Waals surface area contributed by atoms with Crippen molar-refractivity contribution >= 4 is 29.7 Å². The summed E-state index contributed by atoms with van der Waals surface area (Å²) in [5, 5.41) is 13.3. The minimum absolute atomic E-state index is 0.253. The summed E-state index contributed by atoms with van der Waals surface area (Å²) in [5.74, 6) is -1.74. The van der Waals surface area contributed by atoms with Crippen molar-refractivity contribution in [2.45, 2.75) is 13.0 Å². The maximum Gasteiger partial charge on any atom is 0.349 e. The van der Waals surface area contributed by atoms with Crippen molar-refractivity contribution in [3.8, 4) is 6.07 Å². The zero-order chi connectivity index (χ0) is 19.0. The topological polar surface area (TPSA) is 112 Å². The van der Waals surface area contributed by atoms with Crippen molar-refractivity contribution < 1.29 is 19.1 Å². The molecule has 1 atom stereocenters. The molecule has 0 aliphatic carbocycles. The first-order valence-electron chi connectivity index (χ1n) is 7.41. The molecule has 1 aromatic rings. The van der Waals surface area contributed by atoms with E-state index >= 15 is 0 Å². The maximum absolute atomic E-state index is 12.0. The molecule has 2 N–H and O–H groups in total. The summed E-state index contributed by atoms with van der Waals surface area (Å²) in [6.45, 7) is 1.30. The van der Waals surface area contributed by atoms with E-state index in [1.54, 1.807) is 18.2 Å². The molecule has 1 rings (SSSR count). The van der Waals surface area contributed by atoms with Gasteiger partial charge in [-0.25, -0.2) is 9.59 Å². The van der Waals surface area contributed by atoms with Crippen molar-refractivity contribution in [1.82, 2.24) is 10.6 Å². The average Bonchev–Trinajstić information content (AvgIpc) is 2.59. The summed E-state index contributed by atoms with van der Waals surface area (Å²) >= 11 is 0. The zero-order valence-electron chi connectivity index (χ0n) is 14.5. The summed E-state index contributed by atoms with van der Waals surface area (Å²) in [6.07, 6.45) is 0.142. The van der Waals surface area contributed by atoms with E-state index in [2.05, 4.69) is 5.32 Å². The van der Waals surface area contributed by atoms with Gasteiger partial charge in [-0.1, -0.05) is 12.1 Å². The Morgan fingerprint density at radius 1 is 1.24 bits per heavy atom. The summed E-state index contributed by atoms with van der Waals surface area (Å²) in [6, 6.07) is 8.21. The molecule has 0 aliphatic rings. The number of nitriles is 1. The van der Waals surface area contributed by atoms with Crippen LogP contribution in [-0.2, 0) is 14.3 Å². The minimum atomic E-state index is -1.22. The predicted molar refractivity (Wildman–Crippen MR) is 92.5 cm³/mol. The van der Waals surface area contributed by atoms with E-state index in [-0.39, 0.29) is 5.57 Å². The predicted octanol–water partition coefficient (Wildman–Crippen LogP) is 1.05. The lowest BCUT2D eigenvalue weighted by atomic mass is 10.1. The number of nitrogens with zero attached hydrogens (tertiary/aromatic N) is 2. The number of urea groups is 1. The monoisotopic (exact) mass is 344 g/mol. The van der Waals surface area contributed by atoms with Crippen LogP contribution in [0.2, 0.25) is 0 Å². The Hall–Kier alpha value is -3.34. The number of anilines is 1. The molecule has 0 saturated heterocycles. The number of carbonyl (C=O) groups is 3. The molecule has 25 heavy (non-hydrogen) atoms. The zero-order valence-corrected chi connectivity index (χ0v) is 14.5. The Morgan fingerprint density at radius 2 is 1.84 bits per heavy atom. The normalized spacial score (nSPS) is 11.7. The van der Waals surface area contributed by atoms with Gasteiger partial charge in [-0.15, -0.1) is 0 Å². The fourth-order valence-electron chi connectivity index (χ4n) is 1.73. The van der Waals surface area contributed by atoms with Gasteiger partial charge in [0.05, 0.1) is 0 Å². The van der Waals surface area contributed by atoms with Gasteiger partial charge < -0.3 is 15.0 Å². The van der Waals surface area contributed by atoms with Gasteiger partial charge in [0, 0.05) is 26.8 Å². The third-order valence-electron chi connectivity index (χ3n) is 3.18. The fraction of sp³-hybridized carbons (Fsp3) is 0.294. The quantitative estimate of drug-likeness (QED) is 0.469. The molecule has 132 valence electrons. The Balaban J connectivity index is 2.81. The molecule has 1 aromatic carbocycles. The van der Waals surface area contributed by atoms with Crippen LogP contribution in [0.25, 0.3) is 6.08 Å². The van der Waals surface area contributed by atoms with E-state index in [4.69, 9.17) is 10.00 Å². The van der Waals surface area contributed by atoms with Crippen molar-refractivity contribution in [1.29, 1.82) is 5.26 Å². The highest BCUT2D eigenvalue weighted by Gasteiger charge is 2.21. The van der Waals surface area contributed by atoms with E-state index in [0.29, 0.717) is 5.56 Å². The first-order valence-corrected chi connectivity index (χ1v) is 7.41. The number of benzene rings is 1. The number of nitrogens with one attached hydrogen (secondary N) is 2. The number of hydrogen-bond donors (Lipinski definition) is 2. The number of amides is 3. The third kappa shape index (κ3) is 5.99. The minimum Gasteiger partial charge on any atom is -0.448 e. The van der Waals surface area contributed by atoms with Crippen molar-refractivity contribution in [2.75, 3.05) is 26.0 Å². The summed E-state index contributed by atoms with van der Waals surface area (Å²) in [4.78, 5) is 36.7. The van der Waals surface area contributed by atoms with Crippen LogP contribution in [0.15, 0.2) is 29.8 Å². The number of esters is 1. The first kappa shape index (κ1) is 19.7. The van der Waals surface area contributed by atoms with Crippen LogP contribution in [-0.4, -0.2) is 45.2 Å². The van der Waals surface area contributed by atoms with Gasteiger partial charge in [0.15, 0.2) is 6.10 Å². The van der Waals surface area contributed by atoms with Crippen LogP contribution in [0, 0.1) is 11.3 Å². The van der Waals surface area contributed by atoms with E-state index < -0.39 is 24.0 Å². The molecule has 0 heterocycles. The summed E-state index contributed by atoms with van der Waals surface area (Å²) in [5.41, 5.74) is 1.36. The molecule has 3 amide bonds. The molecular formula is C17H20N4O4. The molecule has 0 bridgehead atoms. The number of hydrogen-bond acceptors (Lipinski definition) is 6. The number of carbonyl (C=O) groups excluding carboxylic acids is 3. The van der Waals surface area contributed by atoms with Gasteiger partial charge in [-0.3, -0.25) is 10.1 Å². The molecule has 0 unspecified atom stereocenters. The van der Waals surface area contributed by atoms with E-state index in [0.717, 1.165) is 5.69 Å². The lowest BCUT2D eigenvalue weighted by Crippen LogP contribution is -2.43. The summed E-state index contributed by atoms with van der Waals surface area (Å²) in [7, 11) is 5.14. The summed E-state index contributed by atoms with van der Waals surface area (Å²) < 4.78 is 4.91. The highest BCUT2D eigenvalue weighted by molar-refractivity contribution is 6.01. The lowest BCUT2D eigenvalue weighted by molar-refractivity contribution is -0.150. The average molecular weight is 344 g/mol. The van der Waals surface area contributed by atoms with Crippen LogP contribution >= 0.6 is 0 Å². The Morgan fingerprint density at radius 3 is 2.32 bits per heavy atom. The number of imide groups is 1. The van der Waals surface area contributed by atoms with Crippen molar-refractivity contribution in [3.05, 3.63) is 35.4 Å². The molecular weight excluding hydrogens is 324 g/mol. The molecule has 0 spiro atoms. The maximum atomic E-state index is 12.0. The number of rotatable bonds is 5. The van der Waals surface area contributed by atoms with Crippen molar-refractivity contribution in [3.63, 3.8) is 0 Å². The lowest BCUT2D eigenvalue weighted by Gasteiger charge is -2.13. The van der Waals surface area contributed by atoms with Crippen molar-refractivity contribution in [2.24, 2.45) is 0 Å². The number of ether oxygens (including phenoxy) is 1. The van der Waals surface area contributed by atoms with Crippen LogP contribution in [0.4, 0.5) is 10.5 Å². The first-order chi connectivity index (χ1) is 11.8. The smallest absolute Gasteiger partial charge is 0.349 e. The van der Waals surface area contributed by atoms with Crippen LogP contribution in [0.5, 0.6) is 0 Å². The fourth-order valence-corrected chi connectivity index (χ4v) is 1.73. The standard InChI is InChI=1S/C17H20N4O4/c1-11(15(22)20-17(24)19-2)25-16(23)13(10-18)9-12-5-7-14(8-6-12)21(3)4/h5-9,11H,1-4H3,(H2,19,20,22,24)/b13-9+/t11-/m1/s1. The van der Waals surface area contributed by atoms with Crippen LogP contribution in [0.1, 0.15) is 12.5 Å². The molecule has 0 aromatic heterocycles. The van der Waals surface area contributed by atoms with Gasteiger partial charge in [0.25, 0.3) is 5.91 Å². The van der Waals surface area contributed by atoms with Gasteiger partial charge in [-0.2, -0.15) is 5.26 Å². The van der Waals surface area contributed by atoms with Crippen LogP contribution < -0.4 is 15.5 Å². The van der Waals surface area contributed by atoms with E-state index in [9.17, 15) is 14.4 Å². The van der Waals surface area contributed by atoms with E-state index in [1.807, 2.05) is 36.4 Å².